The molecule has 2 aromatic rings. The molecule has 0 aliphatic carbocycles. The first kappa shape index (κ1) is 13.2. The fourth-order valence-corrected chi connectivity index (χ4v) is 2.24. The number of aromatic carboxylic acids is 1. The summed E-state index contributed by atoms with van der Waals surface area (Å²) in [4.78, 5) is 23.0. The Kier molecular flexibility index (Phi) is 3.62. The summed E-state index contributed by atoms with van der Waals surface area (Å²) in [6.07, 6.45) is 0. The number of halogens is 1. The first-order valence-corrected chi connectivity index (χ1v) is 6.20. The van der Waals surface area contributed by atoms with Crippen molar-refractivity contribution in [3.63, 3.8) is 0 Å². The van der Waals surface area contributed by atoms with Crippen molar-refractivity contribution in [2.45, 2.75) is 6.92 Å². The number of rotatable bonds is 3. The van der Waals surface area contributed by atoms with E-state index in [-0.39, 0.29) is 9.75 Å². The SMILES string of the molecule is Cc1c(F)cccc1NC(=O)c1ccc(C(=O)O)s1. The highest BCUT2D eigenvalue weighted by molar-refractivity contribution is 7.15. The Morgan fingerprint density at radius 3 is 2.53 bits per heavy atom. The number of hydrogen-bond acceptors (Lipinski definition) is 3. The van der Waals surface area contributed by atoms with Crippen LogP contribution in [0.25, 0.3) is 0 Å². The van der Waals surface area contributed by atoms with E-state index in [0.717, 1.165) is 11.3 Å². The molecule has 0 aliphatic heterocycles. The third-order valence-electron chi connectivity index (χ3n) is 2.56. The molecule has 0 aliphatic rings. The molecule has 0 fully saturated rings. The van der Waals surface area contributed by atoms with E-state index >= 15 is 0 Å². The van der Waals surface area contributed by atoms with Crippen LogP contribution in [0.2, 0.25) is 0 Å². The van der Waals surface area contributed by atoms with Crippen LogP contribution in [0.3, 0.4) is 0 Å². The molecule has 0 bridgehead atoms. The molecule has 6 heteroatoms. The summed E-state index contributed by atoms with van der Waals surface area (Å²) < 4.78 is 13.3. The van der Waals surface area contributed by atoms with Gasteiger partial charge < -0.3 is 10.4 Å². The van der Waals surface area contributed by atoms with Gasteiger partial charge in [0.2, 0.25) is 0 Å². The number of anilines is 1. The summed E-state index contributed by atoms with van der Waals surface area (Å²) in [5.41, 5.74) is 0.709. The standard InChI is InChI=1S/C13H10FNO3S/c1-7-8(14)3-2-4-9(7)15-12(16)10-5-6-11(19-10)13(17)18/h2-6H,1H3,(H,15,16)(H,17,18). The van der Waals surface area contributed by atoms with Gasteiger partial charge in [0.1, 0.15) is 10.7 Å². The largest absolute Gasteiger partial charge is 0.477 e. The number of carbonyl (C=O) groups is 2. The van der Waals surface area contributed by atoms with Crippen molar-refractivity contribution in [3.8, 4) is 0 Å². The number of nitrogens with one attached hydrogen (secondary N) is 1. The topological polar surface area (TPSA) is 66.4 Å². The second kappa shape index (κ2) is 5.19. The van der Waals surface area contributed by atoms with Crippen molar-refractivity contribution in [1.29, 1.82) is 0 Å². The first-order valence-electron chi connectivity index (χ1n) is 5.38. The minimum Gasteiger partial charge on any atom is -0.477 e. The van der Waals surface area contributed by atoms with Crippen LogP contribution in [0.4, 0.5) is 10.1 Å². The molecule has 1 heterocycles. The number of amides is 1. The maximum atomic E-state index is 13.3. The smallest absolute Gasteiger partial charge is 0.345 e. The van der Waals surface area contributed by atoms with E-state index in [1.54, 1.807) is 13.0 Å². The van der Waals surface area contributed by atoms with E-state index < -0.39 is 17.7 Å². The molecule has 98 valence electrons. The van der Waals surface area contributed by atoms with Crippen LogP contribution in [-0.4, -0.2) is 17.0 Å². The molecule has 0 saturated carbocycles. The van der Waals surface area contributed by atoms with Gasteiger partial charge in [-0.1, -0.05) is 6.07 Å². The molecule has 4 nitrogen and oxygen atoms in total. The predicted molar refractivity (Wildman–Crippen MR) is 70.4 cm³/mol. The van der Waals surface area contributed by atoms with Crippen LogP contribution < -0.4 is 5.32 Å². The summed E-state index contributed by atoms with van der Waals surface area (Å²) in [5, 5.41) is 11.3. The van der Waals surface area contributed by atoms with Crippen molar-refractivity contribution in [3.05, 3.63) is 51.5 Å². The molecule has 1 aromatic heterocycles. The highest BCUT2D eigenvalue weighted by Gasteiger charge is 2.14. The van der Waals surface area contributed by atoms with E-state index in [2.05, 4.69) is 5.32 Å². The summed E-state index contributed by atoms with van der Waals surface area (Å²) in [6.45, 7) is 1.56. The van der Waals surface area contributed by atoms with Crippen molar-refractivity contribution >= 4 is 28.9 Å². The lowest BCUT2D eigenvalue weighted by atomic mass is 10.2. The zero-order valence-electron chi connectivity index (χ0n) is 9.94. The van der Waals surface area contributed by atoms with Gasteiger partial charge in [0, 0.05) is 11.3 Å². The molecule has 0 radical (unpaired) electrons. The van der Waals surface area contributed by atoms with Gasteiger partial charge in [0.05, 0.1) is 4.88 Å². The first-order chi connectivity index (χ1) is 8.99. The zero-order valence-corrected chi connectivity index (χ0v) is 10.8. The van der Waals surface area contributed by atoms with Gasteiger partial charge in [-0.2, -0.15) is 0 Å². The van der Waals surface area contributed by atoms with E-state index in [9.17, 15) is 14.0 Å². The van der Waals surface area contributed by atoms with Crippen molar-refractivity contribution in [2.24, 2.45) is 0 Å². The summed E-state index contributed by atoms with van der Waals surface area (Å²) in [5.74, 6) is -1.94. The molecule has 2 rings (SSSR count). The number of thiophene rings is 1. The lowest BCUT2D eigenvalue weighted by Gasteiger charge is -2.07. The molecule has 0 spiro atoms. The Balaban J connectivity index is 2.21. The Morgan fingerprint density at radius 1 is 1.21 bits per heavy atom. The average molecular weight is 279 g/mol. The lowest BCUT2D eigenvalue weighted by molar-refractivity contribution is 0.0702. The van der Waals surface area contributed by atoms with Crippen LogP contribution in [0.5, 0.6) is 0 Å². The van der Waals surface area contributed by atoms with Crippen molar-refractivity contribution in [2.75, 3.05) is 5.32 Å². The minimum atomic E-state index is -1.08. The van der Waals surface area contributed by atoms with Crippen molar-refractivity contribution in [1.82, 2.24) is 0 Å². The lowest BCUT2D eigenvalue weighted by Crippen LogP contribution is -2.11. The maximum Gasteiger partial charge on any atom is 0.345 e. The van der Waals surface area contributed by atoms with Gasteiger partial charge in [-0.15, -0.1) is 11.3 Å². The second-order valence-corrected chi connectivity index (χ2v) is 4.92. The van der Waals surface area contributed by atoms with Crippen LogP contribution >= 0.6 is 11.3 Å². The predicted octanol–water partition coefficient (Wildman–Crippen LogP) is 3.15. The summed E-state index contributed by atoms with van der Waals surface area (Å²) in [6, 6.07) is 7.17. The highest BCUT2D eigenvalue weighted by atomic mass is 32.1. The molecule has 0 unspecified atom stereocenters. The van der Waals surface area contributed by atoms with Crippen LogP contribution in [-0.2, 0) is 0 Å². The molecule has 19 heavy (non-hydrogen) atoms. The van der Waals surface area contributed by atoms with Crippen LogP contribution in [0, 0.1) is 12.7 Å². The minimum absolute atomic E-state index is 0.0844. The Morgan fingerprint density at radius 2 is 1.89 bits per heavy atom. The van der Waals surface area contributed by atoms with Crippen LogP contribution in [0.15, 0.2) is 30.3 Å². The average Bonchev–Trinajstić information content (AvgIpc) is 2.84. The molecule has 2 N–H and O–H groups in total. The number of benzene rings is 1. The van der Waals surface area contributed by atoms with Gasteiger partial charge in [0.15, 0.2) is 0 Å². The van der Waals surface area contributed by atoms with E-state index in [1.165, 1.54) is 24.3 Å². The number of carbonyl (C=O) groups excluding carboxylic acids is 1. The van der Waals surface area contributed by atoms with Gasteiger partial charge in [-0.05, 0) is 31.2 Å². The number of carboxylic acid groups (broad SMARTS) is 1. The normalized spacial score (nSPS) is 10.2. The third kappa shape index (κ3) is 2.79. The third-order valence-corrected chi connectivity index (χ3v) is 3.63. The Bertz CT molecular complexity index is 651. The summed E-state index contributed by atoms with van der Waals surface area (Å²) in [7, 11) is 0. The molecular weight excluding hydrogens is 269 g/mol. The Hall–Kier alpha value is -2.21. The zero-order chi connectivity index (χ0) is 14.0. The fourth-order valence-electron chi connectivity index (χ4n) is 1.50. The van der Waals surface area contributed by atoms with Gasteiger partial charge >= 0.3 is 5.97 Å². The molecule has 0 atom stereocenters. The monoisotopic (exact) mass is 279 g/mol. The van der Waals surface area contributed by atoms with E-state index in [1.807, 2.05) is 0 Å². The van der Waals surface area contributed by atoms with Crippen LogP contribution in [0.1, 0.15) is 24.9 Å². The molecular formula is C13H10FNO3S. The van der Waals surface area contributed by atoms with Crippen molar-refractivity contribution < 1.29 is 19.1 Å². The fraction of sp³-hybridized carbons (Fsp3) is 0.0769. The number of carboxylic acids is 1. The Labute approximate surface area is 112 Å². The van der Waals surface area contributed by atoms with Gasteiger partial charge in [-0.3, -0.25) is 4.79 Å². The molecule has 0 saturated heterocycles. The van der Waals surface area contributed by atoms with Gasteiger partial charge in [0.25, 0.3) is 5.91 Å². The number of hydrogen-bond donors (Lipinski definition) is 2. The summed E-state index contributed by atoms with van der Waals surface area (Å²) >= 11 is 0.873. The van der Waals surface area contributed by atoms with E-state index in [0.29, 0.717) is 11.3 Å². The maximum absolute atomic E-state index is 13.3. The highest BCUT2D eigenvalue weighted by Crippen LogP contribution is 2.21. The quantitative estimate of drug-likeness (QED) is 0.907. The van der Waals surface area contributed by atoms with Gasteiger partial charge in [-0.25, -0.2) is 9.18 Å². The molecule has 1 aromatic carbocycles. The van der Waals surface area contributed by atoms with E-state index in [4.69, 9.17) is 5.11 Å². The second-order valence-electron chi connectivity index (χ2n) is 3.84. The molecule has 1 amide bonds.